The number of benzene rings is 1. The number of thiocarbonyl (C=S) groups is 1. The van der Waals surface area contributed by atoms with E-state index in [2.05, 4.69) is 0 Å². The molecular weight excluding hydrogens is 286 g/mol. The standard InChI is InChI=1S/C16H21NO3S/c1-8-9(2)14-12(10(3)13(8)19-11(4)18)6-7-16(5,20-14)15(17)21/h6-7H2,1-5H3,(H2,17,21). The number of carbonyl (C=O) groups is 1. The van der Waals surface area contributed by atoms with Gasteiger partial charge in [0.2, 0.25) is 0 Å². The molecule has 1 heterocycles. The van der Waals surface area contributed by atoms with Gasteiger partial charge in [-0.2, -0.15) is 0 Å². The lowest BCUT2D eigenvalue weighted by Crippen LogP contribution is -2.47. The zero-order chi connectivity index (χ0) is 15.9. The second kappa shape index (κ2) is 5.30. The summed E-state index contributed by atoms with van der Waals surface area (Å²) in [4.78, 5) is 11.7. The predicted molar refractivity (Wildman–Crippen MR) is 86.1 cm³/mol. The van der Waals surface area contributed by atoms with Crippen LogP contribution in [0.15, 0.2) is 0 Å². The van der Waals surface area contributed by atoms with Crippen molar-refractivity contribution in [3.05, 3.63) is 22.3 Å². The Morgan fingerprint density at radius 2 is 1.90 bits per heavy atom. The number of hydrogen-bond acceptors (Lipinski definition) is 4. The molecule has 1 aromatic rings. The number of nitrogens with two attached hydrogens (primary N) is 1. The smallest absolute Gasteiger partial charge is 0.308 e. The average molecular weight is 307 g/mol. The van der Waals surface area contributed by atoms with Crippen molar-refractivity contribution in [1.29, 1.82) is 0 Å². The van der Waals surface area contributed by atoms with Crippen molar-refractivity contribution in [2.75, 3.05) is 0 Å². The van der Waals surface area contributed by atoms with Gasteiger partial charge in [0.05, 0.1) is 0 Å². The van der Waals surface area contributed by atoms with Crippen molar-refractivity contribution >= 4 is 23.2 Å². The normalized spacial score (nSPS) is 20.4. The van der Waals surface area contributed by atoms with Gasteiger partial charge in [-0.1, -0.05) is 12.2 Å². The highest BCUT2D eigenvalue weighted by Gasteiger charge is 2.37. The SMILES string of the molecule is CC(=O)Oc1c(C)c(C)c2c(c1C)CCC(C)(C(N)=S)O2. The van der Waals surface area contributed by atoms with Gasteiger partial charge in [0.1, 0.15) is 16.5 Å². The highest BCUT2D eigenvalue weighted by Crippen LogP contribution is 2.43. The Balaban J connectivity index is 2.59. The molecule has 2 N–H and O–H groups in total. The number of rotatable bonds is 2. The van der Waals surface area contributed by atoms with Crippen molar-refractivity contribution in [2.24, 2.45) is 5.73 Å². The number of esters is 1. The maximum absolute atomic E-state index is 11.3. The molecular formula is C16H21NO3S. The molecule has 0 amide bonds. The molecule has 1 atom stereocenters. The van der Waals surface area contributed by atoms with Gasteiger partial charge in [0, 0.05) is 12.5 Å². The molecule has 1 aromatic carbocycles. The van der Waals surface area contributed by atoms with Crippen LogP contribution in [0, 0.1) is 20.8 Å². The molecule has 0 aromatic heterocycles. The van der Waals surface area contributed by atoms with E-state index < -0.39 is 5.60 Å². The Kier molecular flexibility index (Phi) is 3.97. The summed E-state index contributed by atoms with van der Waals surface area (Å²) in [7, 11) is 0. The Morgan fingerprint density at radius 1 is 1.29 bits per heavy atom. The molecule has 0 fully saturated rings. The van der Waals surface area contributed by atoms with Crippen LogP contribution >= 0.6 is 12.2 Å². The molecule has 21 heavy (non-hydrogen) atoms. The summed E-state index contributed by atoms with van der Waals surface area (Å²) in [5.41, 5.74) is 9.10. The molecule has 0 spiro atoms. The summed E-state index contributed by atoms with van der Waals surface area (Å²) in [5.74, 6) is 1.15. The van der Waals surface area contributed by atoms with E-state index in [0.717, 1.165) is 40.8 Å². The number of fused-ring (bicyclic) bond motifs is 1. The van der Waals surface area contributed by atoms with E-state index in [1.54, 1.807) is 0 Å². The van der Waals surface area contributed by atoms with Crippen LogP contribution in [-0.2, 0) is 11.2 Å². The first-order chi connectivity index (χ1) is 9.67. The van der Waals surface area contributed by atoms with Crippen LogP contribution in [0.2, 0.25) is 0 Å². The Morgan fingerprint density at radius 3 is 2.43 bits per heavy atom. The molecule has 0 aliphatic carbocycles. The van der Waals surface area contributed by atoms with Crippen LogP contribution in [-0.4, -0.2) is 16.6 Å². The minimum atomic E-state index is -0.616. The van der Waals surface area contributed by atoms with Crippen LogP contribution in [0.4, 0.5) is 0 Å². The fraction of sp³-hybridized carbons (Fsp3) is 0.500. The summed E-state index contributed by atoms with van der Waals surface area (Å²) in [6.07, 6.45) is 1.52. The lowest BCUT2D eigenvalue weighted by atomic mass is 9.87. The van der Waals surface area contributed by atoms with Crippen molar-refractivity contribution in [1.82, 2.24) is 0 Å². The van der Waals surface area contributed by atoms with Crippen molar-refractivity contribution < 1.29 is 14.3 Å². The lowest BCUT2D eigenvalue weighted by molar-refractivity contribution is -0.132. The molecule has 114 valence electrons. The Bertz CT molecular complexity index is 639. The maximum atomic E-state index is 11.3. The maximum Gasteiger partial charge on any atom is 0.308 e. The van der Waals surface area contributed by atoms with Crippen molar-refractivity contribution in [3.8, 4) is 11.5 Å². The van der Waals surface area contributed by atoms with Crippen LogP contribution in [0.5, 0.6) is 11.5 Å². The fourth-order valence-corrected chi connectivity index (χ4v) is 2.85. The van der Waals surface area contributed by atoms with Gasteiger partial charge >= 0.3 is 5.97 Å². The Hall–Kier alpha value is -1.62. The quantitative estimate of drug-likeness (QED) is 0.517. The first-order valence-corrected chi connectivity index (χ1v) is 7.38. The zero-order valence-corrected chi connectivity index (χ0v) is 13.9. The molecule has 2 rings (SSSR count). The third-order valence-corrected chi connectivity index (χ3v) is 4.69. The lowest BCUT2D eigenvalue weighted by Gasteiger charge is -2.37. The van der Waals surface area contributed by atoms with E-state index in [1.807, 2.05) is 27.7 Å². The number of hydrogen-bond donors (Lipinski definition) is 1. The van der Waals surface area contributed by atoms with Gasteiger partial charge in [0.15, 0.2) is 5.60 Å². The van der Waals surface area contributed by atoms with Gasteiger partial charge in [0.25, 0.3) is 0 Å². The molecule has 5 heteroatoms. The number of carbonyl (C=O) groups excluding carboxylic acids is 1. The first-order valence-electron chi connectivity index (χ1n) is 6.97. The van der Waals surface area contributed by atoms with E-state index >= 15 is 0 Å². The molecule has 0 bridgehead atoms. The van der Waals surface area contributed by atoms with Crippen LogP contribution in [0.25, 0.3) is 0 Å². The summed E-state index contributed by atoms with van der Waals surface area (Å²) >= 11 is 5.13. The third-order valence-electron chi connectivity index (χ3n) is 4.26. The molecule has 4 nitrogen and oxygen atoms in total. The van der Waals surface area contributed by atoms with E-state index in [1.165, 1.54) is 6.92 Å². The van der Waals surface area contributed by atoms with E-state index in [4.69, 9.17) is 27.4 Å². The van der Waals surface area contributed by atoms with E-state index in [-0.39, 0.29) is 5.97 Å². The summed E-state index contributed by atoms with van der Waals surface area (Å²) < 4.78 is 11.5. The van der Waals surface area contributed by atoms with Crippen LogP contribution in [0.1, 0.15) is 42.5 Å². The summed E-state index contributed by atoms with van der Waals surface area (Å²) in [5, 5.41) is 0. The van der Waals surface area contributed by atoms with Gasteiger partial charge < -0.3 is 15.2 Å². The minimum absolute atomic E-state index is 0.315. The van der Waals surface area contributed by atoms with Gasteiger partial charge in [-0.05, 0) is 57.2 Å². The third kappa shape index (κ3) is 2.62. The monoisotopic (exact) mass is 307 g/mol. The van der Waals surface area contributed by atoms with Gasteiger partial charge in [-0.25, -0.2) is 0 Å². The second-order valence-corrected chi connectivity index (χ2v) is 6.24. The fourth-order valence-electron chi connectivity index (χ4n) is 2.70. The minimum Gasteiger partial charge on any atom is -0.480 e. The van der Waals surface area contributed by atoms with E-state index in [0.29, 0.717) is 10.7 Å². The van der Waals surface area contributed by atoms with Gasteiger partial charge in [-0.15, -0.1) is 0 Å². The molecule has 0 radical (unpaired) electrons. The first kappa shape index (κ1) is 15.8. The largest absolute Gasteiger partial charge is 0.480 e. The highest BCUT2D eigenvalue weighted by atomic mass is 32.1. The van der Waals surface area contributed by atoms with Crippen molar-refractivity contribution in [2.45, 2.75) is 53.1 Å². The molecule has 1 aliphatic rings. The van der Waals surface area contributed by atoms with Gasteiger partial charge in [-0.3, -0.25) is 4.79 Å². The van der Waals surface area contributed by atoms with Crippen LogP contribution in [0.3, 0.4) is 0 Å². The molecule has 0 saturated carbocycles. The topological polar surface area (TPSA) is 61.5 Å². The molecule has 1 unspecified atom stereocenters. The molecule has 1 aliphatic heterocycles. The summed E-state index contributed by atoms with van der Waals surface area (Å²) in [6, 6.07) is 0. The Labute approximate surface area is 130 Å². The van der Waals surface area contributed by atoms with E-state index in [9.17, 15) is 4.79 Å². The number of ether oxygens (including phenoxy) is 2. The average Bonchev–Trinajstić information content (AvgIpc) is 2.40. The molecule has 0 saturated heterocycles. The summed E-state index contributed by atoms with van der Waals surface area (Å²) in [6.45, 7) is 9.18. The predicted octanol–water partition coefficient (Wildman–Crippen LogP) is 2.91. The zero-order valence-electron chi connectivity index (χ0n) is 13.1. The van der Waals surface area contributed by atoms with Crippen molar-refractivity contribution in [3.63, 3.8) is 0 Å². The highest BCUT2D eigenvalue weighted by molar-refractivity contribution is 7.80. The second-order valence-electron chi connectivity index (χ2n) is 5.80. The van der Waals surface area contributed by atoms with Crippen LogP contribution < -0.4 is 15.2 Å².